The van der Waals surface area contributed by atoms with Gasteiger partial charge in [-0.2, -0.15) is 0 Å². The number of aliphatic hydroxyl groups excluding tert-OH is 3. The maximum absolute atomic E-state index is 12.0. The largest absolute Gasteiger partial charge is 2.00 e. The Morgan fingerprint density at radius 1 is 0.848 bits per heavy atom. The Kier molecular flexibility index (Phi) is 6.82. The van der Waals surface area contributed by atoms with Crippen LogP contribution in [0.3, 0.4) is 0 Å². The number of aromatic nitrogens is 2. The molecule has 2 aromatic heterocycles. The molecule has 3 aliphatic heterocycles. The van der Waals surface area contributed by atoms with Crippen LogP contribution in [0.4, 0.5) is 0 Å². The van der Waals surface area contributed by atoms with Gasteiger partial charge in [-0.25, -0.2) is 0 Å². The van der Waals surface area contributed by atoms with Crippen molar-refractivity contribution < 1.29 is 57.2 Å². The van der Waals surface area contributed by atoms with Crippen LogP contribution in [-0.4, -0.2) is 80.6 Å². The number of hydrogen-bond donors (Lipinski definition) is 3. The van der Waals surface area contributed by atoms with Crippen LogP contribution in [0.1, 0.15) is 24.2 Å². The van der Waals surface area contributed by atoms with Gasteiger partial charge in [0.2, 0.25) is 0 Å². The molecule has 7 unspecified atom stereocenters. The molecular weight excluding hydrogens is 506 g/mol. The Bertz CT molecular complexity index is 1010. The topological polar surface area (TPSA) is 93.0 Å². The second-order valence-electron chi connectivity index (χ2n) is 9.83. The molecule has 2 aromatic rings. The van der Waals surface area contributed by atoms with Gasteiger partial charge in [0.05, 0.1) is 40.7 Å². The first-order chi connectivity index (χ1) is 14.4. The summed E-state index contributed by atoms with van der Waals surface area (Å²) in [7, 11) is 4.07. The molecular formula is C23H28Cl2MnN4O3. The summed E-state index contributed by atoms with van der Waals surface area (Å²) < 4.78 is 0. The molecule has 5 heterocycles. The fourth-order valence-corrected chi connectivity index (χ4v) is 8.31. The first kappa shape index (κ1) is 26.8. The van der Waals surface area contributed by atoms with Crippen LogP contribution in [-0.2, 0) is 28.1 Å². The zero-order valence-corrected chi connectivity index (χ0v) is 21.1. The van der Waals surface area contributed by atoms with Crippen molar-refractivity contribution in [2.45, 2.75) is 42.2 Å². The third kappa shape index (κ3) is 2.60. The van der Waals surface area contributed by atoms with Gasteiger partial charge in [-0.15, -0.1) is 0 Å². The summed E-state index contributed by atoms with van der Waals surface area (Å²) >= 11 is 0. The molecule has 6 rings (SSSR count). The minimum absolute atomic E-state index is 0. The number of fused-ring (bicyclic) bond motifs is 2. The molecule has 1 aliphatic carbocycles. The van der Waals surface area contributed by atoms with Crippen LogP contribution in [0.25, 0.3) is 0 Å². The van der Waals surface area contributed by atoms with Crippen molar-refractivity contribution in [3.63, 3.8) is 0 Å². The Morgan fingerprint density at radius 3 is 2.03 bits per heavy atom. The van der Waals surface area contributed by atoms with E-state index < -0.39 is 40.2 Å². The maximum Gasteiger partial charge on any atom is 2.00 e. The fraction of sp³-hybridized carbons (Fsp3) is 0.565. The van der Waals surface area contributed by atoms with Crippen molar-refractivity contribution in [2.75, 3.05) is 27.2 Å². The van der Waals surface area contributed by atoms with Crippen molar-refractivity contribution >= 4 is 0 Å². The Labute approximate surface area is 216 Å². The number of piperidine rings is 2. The van der Waals surface area contributed by atoms with Crippen LogP contribution in [0.15, 0.2) is 48.8 Å². The van der Waals surface area contributed by atoms with E-state index in [2.05, 4.69) is 14.8 Å². The minimum Gasteiger partial charge on any atom is -1.00 e. The zero-order chi connectivity index (χ0) is 20.9. The van der Waals surface area contributed by atoms with Gasteiger partial charge in [-0.1, -0.05) is 12.1 Å². The SMILES string of the molecule is CN1CC23CC(O)C(C1)(C2O)C1(c2ccccn2)C(O)CC3(c2ccccn2)N1C.[Cl-].[Cl-].[Mn+2]. The van der Waals surface area contributed by atoms with Gasteiger partial charge in [0.25, 0.3) is 0 Å². The van der Waals surface area contributed by atoms with Crippen LogP contribution >= 0.6 is 0 Å². The van der Waals surface area contributed by atoms with E-state index in [0.717, 1.165) is 5.69 Å². The Hall–Kier alpha value is -0.801. The van der Waals surface area contributed by atoms with Crippen molar-refractivity contribution in [2.24, 2.45) is 10.8 Å². The normalized spacial score (nSPS) is 43.2. The summed E-state index contributed by atoms with van der Waals surface area (Å²) in [5.41, 5.74) is -1.81. The fourth-order valence-electron chi connectivity index (χ4n) is 8.31. The molecule has 179 valence electrons. The molecule has 1 saturated carbocycles. The molecule has 3 saturated heterocycles. The molecule has 1 radical (unpaired) electrons. The summed E-state index contributed by atoms with van der Waals surface area (Å²) in [4.78, 5) is 13.9. The Balaban J connectivity index is 0.00000102. The van der Waals surface area contributed by atoms with Crippen molar-refractivity contribution in [3.8, 4) is 0 Å². The first-order valence-electron chi connectivity index (χ1n) is 10.7. The van der Waals surface area contributed by atoms with E-state index in [1.165, 1.54) is 0 Å². The number of likely N-dealkylation sites (tertiary alicyclic amines) is 1. The van der Waals surface area contributed by atoms with Gasteiger partial charge in [0, 0.05) is 37.3 Å². The number of hydrogen-bond acceptors (Lipinski definition) is 7. The Morgan fingerprint density at radius 2 is 1.45 bits per heavy atom. The predicted molar refractivity (Wildman–Crippen MR) is 109 cm³/mol. The van der Waals surface area contributed by atoms with Gasteiger partial charge in [-0.3, -0.25) is 14.9 Å². The van der Waals surface area contributed by atoms with E-state index >= 15 is 0 Å². The van der Waals surface area contributed by atoms with Crippen LogP contribution in [0, 0.1) is 10.8 Å². The predicted octanol–water partition coefficient (Wildman–Crippen LogP) is -5.67. The molecule has 33 heavy (non-hydrogen) atoms. The number of nitrogens with zero attached hydrogens (tertiary/aromatic N) is 4. The summed E-state index contributed by atoms with van der Waals surface area (Å²) in [5.74, 6) is 0. The minimum atomic E-state index is -1.03. The molecule has 0 aromatic carbocycles. The standard InChI is InChI=1S/C23H28N4O3.2ClH.Mn/c1-26-13-20-11-17(28)21(14-26,19(20)30)23(16-8-4-6-10-25-16)18(29)12-22(20,27(23)2)15-7-3-5-9-24-15;;;/h3-10,17-19,28-30H,11-14H2,1-2H3;2*1H;/q;;;+2/p-2. The third-order valence-electron chi connectivity index (χ3n) is 9.00. The molecule has 7 nitrogen and oxygen atoms in total. The van der Waals surface area contributed by atoms with Gasteiger partial charge < -0.3 is 45.0 Å². The zero-order valence-electron chi connectivity index (χ0n) is 18.4. The molecule has 3 N–H and O–H groups in total. The molecule has 10 heteroatoms. The number of pyridine rings is 2. The third-order valence-corrected chi connectivity index (χ3v) is 9.00. The maximum atomic E-state index is 12.0. The van der Waals surface area contributed by atoms with E-state index in [1.54, 1.807) is 12.4 Å². The summed E-state index contributed by atoms with van der Waals surface area (Å²) in [6.07, 6.45) is 2.06. The van der Waals surface area contributed by atoms with Crippen LogP contribution in [0.2, 0.25) is 0 Å². The van der Waals surface area contributed by atoms with Gasteiger partial charge in [0.15, 0.2) is 0 Å². The summed E-state index contributed by atoms with van der Waals surface area (Å²) in [5, 5.41) is 35.5. The second kappa shape index (κ2) is 8.40. The smallest absolute Gasteiger partial charge is 1.00 e. The second-order valence-corrected chi connectivity index (χ2v) is 9.83. The number of rotatable bonds is 2. The van der Waals surface area contributed by atoms with Crippen LogP contribution < -0.4 is 24.8 Å². The van der Waals surface area contributed by atoms with Crippen molar-refractivity contribution in [3.05, 3.63) is 60.2 Å². The van der Waals surface area contributed by atoms with Crippen molar-refractivity contribution in [1.82, 2.24) is 19.8 Å². The molecule has 4 fully saturated rings. The number of halogens is 2. The van der Waals surface area contributed by atoms with E-state index in [9.17, 15) is 15.3 Å². The van der Waals surface area contributed by atoms with Crippen molar-refractivity contribution in [1.29, 1.82) is 0 Å². The molecule has 7 atom stereocenters. The average molecular weight is 534 g/mol. The summed E-state index contributed by atoms with van der Waals surface area (Å²) in [6.45, 7) is 1.13. The van der Waals surface area contributed by atoms with E-state index in [1.807, 2.05) is 50.5 Å². The summed E-state index contributed by atoms with van der Waals surface area (Å²) in [6, 6.07) is 11.5. The molecule has 0 spiro atoms. The quantitative estimate of drug-likeness (QED) is 0.331. The molecule has 4 bridgehead atoms. The average Bonchev–Trinajstić information content (AvgIpc) is 3.02. The molecule has 4 aliphatic rings. The monoisotopic (exact) mass is 533 g/mol. The van der Waals surface area contributed by atoms with E-state index in [-0.39, 0.29) is 41.9 Å². The van der Waals surface area contributed by atoms with Gasteiger partial charge in [-0.05, 0) is 44.8 Å². The van der Waals surface area contributed by atoms with E-state index in [4.69, 9.17) is 4.98 Å². The molecule has 0 amide bonds. The van der Waals surface area contributed by atoms with Crippen LogP contribution in [0.5, 0.6) is 0 Å². The van der Waals surface area contributed by atoms with E-state index in [0.29, 0.717) is 31.6 Å². The van der Waals surface area contributed by atoms with Gasteiger partial charge in [0.1, 0.15) is 5.54 Å². The number of likely N-dealkylation sites (N-methyl/N-ethyl adjacent to an activating group) is 1. The number of aliphatic hydroxyl groups is 3. The van der Waals surface area contributed by atoms with Gasteiger partial charge >= 0.3 is 17.1 Å². The first-order valence-corrected chi connectivity index (χ1v) is 10.7.